The first-order valence-corrected chi connectivity index (χ1v) is 6.39. The molecule has 20 heavy (non-hydrogen) atoms. The third-order valence-electron chi connectivity index (χ3n) is 4.36. The average molecular weight is 275 g/mol. The number of aliphatic hydroxyl groups is 2. The van der Waals surface area contributed by atoms with E-state index in [9.17, 15) is 19.8 Å². The summed E-state index contributed by atoms with van der Waals surface area (Å²) < 4.78 is 3.51. The van der Waals surface area contributed by atoms with Crippen molar-refractivity contribution in [1.82, 2.24) is 13.9 Å². The van der Waals surface area contributed by atoms with Gasteiger partial charge in [0.1, 0.15) is 24.3 Å². The molecule has 1 aromatic heterocycles. The van der Waals surface area contributed by atoms with E-state index in [1.54, 1.807) is 0 Å². The fourth-order valence-electron chi connectivity index (χ4n) is 3.42. The summed E-state index contributed by atoms with van der Waals surface area (Å²) in [6.45, 7) is 0. The van der Waals surface area contributed by atoms with Gasteiger partial charge in [0.05, 0.1) is 0 Å². The zero-order chi connectivity index (χ0) is 14.2. The van der Waals surface area contributed by atoms with Crippen LogP contribution in [0.2, 0.25) is 0 Å². The quantitative estimate of drug-likeness (QED) is 0.617. The van der Waals surface area contributed by atoms with Crippen LogP contribution in [-0.4, -0.2) is 36.4 Å². The van der Waals surface area contributed by atoms with E-state index in [-0.39, 0.29) is 0 Å². The lowest BCUT2D eigenvalue weighted by Gasteiger charge is -2.45. The molecule has 2 bridgehead atoms. The molecule has 0 spiro atoms. The summed E-state index contributed by atoms with van der Waals surface area (Å²) in [4.78, 5) is 24.4. The SMILES string of the molecule is Cn1c(=O)n2n(c1=O)C1c3ccccc3C2C(O)C1O. The molecular weight excluding hydrogens is 262 g/mol. The van der Waals surface area contributed by atoms with Crippen LogP contribution in [0, 0.1) is 0 Å². The van der Waals surface area contributed by atoms with Gasteiger partial charge in [0.2, 0.25) is 0 Å². The van der Waals surface area contributed by atoms with Crippen LogP contribution >= 0.6 is 0 Å². The van der Waals surface area contributed by atoms with Gasteiger partial charge in [-0.1, -0.05) is 24.3 Å². The van der Waals surface area contributed by atoms with Gasteiger partial charge in [-0.3, -0.25) is 0 Å². The Morgan fingerprint density at radius 3 is 1.70 bits per heavy atom. The molecule has 0 saturated carbocycles. The minimum atomic E-state index is -1.10. The zero-order valence-electron chi connectivity index (χ0n) is 10.7. The molecule has 4 unspecified atom stereocenters. The van der Waals surface area contributed by atoms with Gasteiger partial charge < -0.3 is 10.2 Å². The largest absolute Gasteiger partial charge is 0.388 e. The predicted octanol–water partition coefficient (Wildman–Crippen LogP) is -1.42. The van der Waals surface area contributed by atoms with Crippen molar-refractivity contribution < 1.29 is 10.2 Å². The van der Waals surface area contributed by atoms with Gasteiger partial charge in [0, 0.05) is 7.05 Å². The highest BCUT2D eigenvalue weighted by Crippen LogP contribution is 2.43. The van der Waals surface area contributed by atoms with Crippen LogP contribution < -0.4 is 11.4 Å². The second kappa shape index (κ2) is 3.50. The van der Waals surface area contributed by atoms with E-state index < -0.39 is 35.7 Å². The lowest BCUT2D eigenvalue weighted by atomic mass is 9.78. The Hall–Kier alpha value is -2.12. The Balaban J connectivity index is 2.17. The number of fused-ring (bicyclic) bond motifs is 1. The summed E-state index contributed by atoms with van der Waals surface area (Å²) in [5.74, 6) is 0. The first kappa shape index (κ1) is 11.7. The van der Waals surface area contributed by atoms with Crippen molar-refractivity contribution in [2.45, 2.75) is 24.3 Å². The predicted molar refractivity (Wildman–Crippen MR) is 68.7 cm³/mol. The molecule has 4 atom stereocenters. The Morgan fingerprint density at radius 1 is 0.900 bits per heavy atom. The third-order valence-corrected chi connectivity index (χ3v) is 4.36. The van der Waals surface area contributed by atoms with Crippen molar-refractivity contribution in [3.63, 3.8) is 0 Å². The van der Waals surface area contributed by atoms with Crippen molar-refractivity contribution in [3.8, 4) is 0 Å². The Kier molecular flexibility index (Phi) is 2.04. The highest BCUT2D eigenvalue weighted by Gasteiger charge is 2.51. The van der Waals surface area contributed by atoms with Gasteiger partial charge in [0.25, 0.3) is 0 Å². The van der Waals surface area contributed by atoms with E-state index in [0.717, 1.165) is 15.7 Å². The second-order valence-corrected chi connectivity index (χ2v) is 5.31. The Labute approximate surface area is 112 Å². The smallest absolute Gasteiger partial charge is 0.347 e. The van der Waals surface area contributed by atoms with Gasteiger partial charge in [-0.05, 0) is 11.1 Å². The molecule has 3 heterocycles. The van der Waals surface area contributed by atoms with Gasteiger partial charge >= 0.3 is 11.4 Å². The first-order valence-electron chi connectivity index (χ1n) is 6.39. The molecule has 1 aliphatic carbocycles. The summed E-state index contributed by atoms with van der Waals surface area (Å²) in [6.07, 6.45) is -2.20. The molecule has 7 heteroatoms. The monoisotopic (exact) mass is 275 g/mol. The molecule has 0 radical (unpaired) electrons. The topological polar surface area (TPSA) is 89.4 Å². The summed E-state index contributed by atoms with van der Waals surface area (Å²) in [5.41, 5.74) is 0.599. The number of nitrogens with zero attached hydrogens (tertiary/aromatic N) is 3. The number of rotatable bonds is 0. The van der Waals surface area contributed by atoms with Crippen LogP contribution in [0.25, 0.3) is 0 Å². The molecule has 0 fully saturated rings. The molecule has 2 N–H and O–H groups in total. The molecule has 5 rings (SSSR count). The van der Waals surface area contributed by atoms with E-state index in [2.05, 4.69) is 0 Å². The minimum absolute atomic E-state index is 0.481. The number of aliphatic hydroxyl groups excluding tert-OH is 2. The number of hydrogen-bond donors (Lipinski definition) is 2. The fourth-order valence-corrected chi connectivity index (χ4v) is 3.42. The first-order chi connectivity index (χ1) is 9.54. The Bertz CT molecular complexity index is 764. The van der Waals surface area contributed by atoms with Crippen molar-refractivity contribution in [2.24, 2.45) is 7.05 Å². The molecule has 2 aliphatic heterocycles. The average Bonchev–Trinajstić information content (AvgIpc) is 2.68. The van der Waals surface area contributed by atoms with Crippen LogP contribution in [-0.2, 0) is 7.05 Å². The maximum Gasteiger partial charge on any atom is 0.347 e. The van der Waals surface area contributed by atoms with E-state index in [4.69, 9.17) is 0 Å². The van der Waals surface area contributed by atoms with E-state index in [0.29, 0.717) is 0 Å². The molecule has 2 aromatic rings. The molecule has 3 aliphatic rings. The molecule has 1 aromatic carbocycles. The second-order valence-electron chi connectivity index (χ2n) is 5.31. The highest BCUT2D eigenvalue weighted by atomic mass is 16.3. The van der Waals surface area contributed by atoms with Crippen LogP contribution in [0.1, 0.15) is 23.2 Å². The van der Waals surface area contributed by atoms with Crippen LogP contribution in [0.3, 0.4) is 0 Å². The number of aromatic nitrogens is 3. The maximum absolute atomic E-state index is 12.2. The van der Waals surface area contributed by atoms with E-state index in [1.165, 1.54) is 16.4 Å². The maximum atomic E-state index is 12.2. The van der Waals surface area contributed by atoms with Crippen LogP contribution in [0.15, 0.2) is 33.9 Å². The molecule has 7 nitrogen and oxygen atoms in total. The highest BCUT2D eigenvalue weighted by molar-refractivity contribution is 5.40. The minimum Gasteiger partial charge on any atom is -0.388 e. The Morgan fingerprint density at radius 2 is 1.30 bits per heavy atom. The summed E-state index contributed by atoms with van der Waals surface area (Å²) in [7, 11) is 1.39. The third kappa shape index (κ3) is 1.09. The summed E-state index contributed by atoms with van der Waals surface area (Å²) in [5, 5.41) is 20.5. The number of benzene rings is 1. The van der Waals surface area contributed by atoms with E-state index in [1.807, 2.05) is 24.3 Å². The van der Waals surface area contributed by atoms with Crippen LogP contribution in [0.4, 0.5) is 0 Å². The van der Waals surface area contributed by atoms with Gasteiger partial charge in [0.15, 0.2) is 0 Å². The summed E-state index contributed by atoms with van der Waals surface area (Å²) >= 11 is 0. The molecular formula is C13H13N3O4. The van der Waals surface area contributed by atoms with Crippen molar-refractivity contribution in [3.05, 3.63) is 56.4 Å². The van der Waals surface area contributed by atoms with Crippen LogP contribution in [0.5, 0.6) is 0 Å². The van der Waals surface area contributed by atoms with Gasteiger partial charge in [-0.25, -0.2) is 23.5 Å². The molecule has 0 amide bonds. The van der Waals surface area contributed by atoms with E-state index >= 15 is 0 Å². The standard InChI is InChI=1S/C13H13N3O4/c1-14-12(19)15-8-6-4-2-3-5-7(6)9(11(18)10(8)17)16(15)13(14)20/h2-5,8-11,17-18H,1H3. The molecule has 104 valence electrons. The number of hydrogen-bond acceptors (Lipinski definition) is 4. The fraction of sp³-hybridized carbons (Fsp3) is 0.385. The zero-order valence-corrected chi connectivity index (χ0v) is 10.7. The molecule has 0 saturated heterocycles. The van der Waals surface area contributed by atoms with Crippen molar-refractivity contribution >= 4 is 0 Å². The van der Waals surface area contributed by atoms with Gasteiger partial charge in [-0.15, -0.1) is 0 Å². The van der Waals surface area contributed by atoms with Gasteiger partial charge in [-0.2, -0.15) is 0 Å². The summed E-state index contributed by atoms with van der Waals surface area (Å²) in [6, 6.07) is 5.80. The lowest BCUT2D eigenvalue weighted by Crippen LogP contribution is -2.57. The lowest BCUT2D eigenvalue weighted by molar-refractivity contribution is -0.0711. The normalized spacial score (nSPS) is 30.1. The van der Waals surface area contributed by atoms with Crippen molar-refractivity contribution in [1.29, 1.82) is 0 Å². The van der Waals surface area contributed by atoms with Crippen molar-refractivity contribution in [2.75, 3.05) is 0 Å².